The maximum atomic E-state index is 13.4. The Morgan fingerprint density at radius 3 is 1.86 bits per heavy atom. The molecule has 4 aromatic rings. The Morgan fingerprint density at radius 1 is 0.714 bits per heavy atom. The van der Waals surface area contributed by atoms with Crippen LogP contribution in [0.25, 0.3) is 0 Å². The Bertz CT molecular complexity index is 1390. The van der Waals surface area contributed by atoms with E-state index in [4.69, 9.17) is 0 Å². The first-order valence-electron chi connectivity index (χ1n) is 14.5. The van der Waals surface area contributed by atoms with Gasteiger partial charge in [0, 0.05) is 50.2 Å². The molecule has 0 unspecified atom stereocenters. The molecule has 0 atom stereocenters. The molecule has 216 valence electrons. The van der Waals surface area contributed by atoms with Gasteiger partial charge in [-0.15, -0.1) is 0 Å². The van der Waals surface area contributed by atoms with Crippen molar-refractivity contribution in [2.45, 2.75) is 18.9 Å². The maximum absolute atomic E-state index is 13.4. The number of benzene rings is 4. The van der Waals surface area contributed by atoms with Crippen molar-refractivity contribution in [3.8, 4) is 0 Å². The van der Waals surface area contributed by atoms with Gasteiger partial charge in [-0.3, -0.25) is 9.69 Å². The summed E-state index contributed by atoms with van der Waals surface area (Å²) in [4.78, 5) is 32.9. The van der Waals surface area contributed by atoms with Gasteiger partial charge in [-0.05, 0) is 51.2 Å². The zero-order valence-corrected chi connectivity index (χ0v) is 25.3. The fraction of sp³-hybridized carbons (Fsp3) is 0.257. The highest BCUT2D eigenvalue weighted by molar-refractivity contribution is 9.10. The van der Waals surface area contributed by atoms with E-state index in [1.54, 1.807) is 4.90 Å². The van der Waals surface area contributed by atoms with Crippen molar-refractivity contribution in [1.82, 2.24) is 14.7 Å². The van der Waals surface area contributed by atoms with Gasteiger partial charge < -0.3 is 15.1 Å². The summed E-state index contributed by atoms with van der Waals surface area (Å²) in [7, 11) is 0. The second kappa shape index (κ2) is 14.8. The molecule has 1 N–H and O–H groups in total. The first kappa shape index (κ1) is 29.5. The molecule has 0 saturated carbocycles. The Morgan fingerprint density at radius 2 is 1.26 bits per heavy atom. The highest BCUT2D eigenvalue weighted by atomic mass is 79.9. The summed E-state index contributed by atoms with van der Waals surface area (Å²) in [5.74, 6) is 0.0871. The topological polar surface area (TPSA) is 55.9 Å². The van der Waals surface area contributed by atoms with Crippen LogP contribution >= 0.6 is 15.9 Å². The number of piperazine rings is 1. The average Bonchev–Trinajstić information content (AvgIpc) is 3.04. The van der Waals surface area contributed by atoms with Gasteiger partial charge in [0.2, 0.25) is 5.91 Å². The van der Waals surface area contributed by atoms with E-state index in [0.717, 1.165) is 29.5 Å². The number of nitrogens with zero attached hydrogens (tertiary/aromatic N) is 3. The summed E-state index contributed by atoms with van der Waals surface area (Å²) < 4.78 is 0.819. The number of halogens is 1. The Hall–Kier alpha value is -3.94. The highest BCUT2D eigenvalue weighted by Crippen LogP contribution is 2.29. The van der Waals surface area contributed by atoms with E-state index in [-0.39, 0.29) is 18.0 Å². The third-order valence-corrected chi connectivity index (χ3v) is 8.47. The number of hydrogen-bond donors (Lipinski definition) is 1. The molecule has 42 heavy (non-hydrogen) atoms. The fourth-order valence-corrected chi connectivity index (χ4v) is 5.87. The van der Waals surface area contributed by atoms with E-state index in [1.165, 1.54) is 11.1 Å². The zero-order valence-electron chi connectivity index (χ0n) is 23.7. The van der Waals surface area contributed by atoms with Gasteiger partial charge in [0.1, 0.15) is 0 Å². The lowest BCUT2D eigenvalue weighted by Crippen LogP contribution is -2.50. The minimum atomic E-state index is -0.205. The van der Waals surface area contributed by atoms with E-state index in [9.17, 15) is 9.59 Å². The predicted molar refractivity (Wildman–Crippen MR) is 172 cm³/mol. The molecule has 6 nitrogen and oxygen atoms in total. The number of amides is 3. The number of anilines is 1. The second-order valence-electron chi connectivity index (χ2n) is 10.5. The number of carbonyl (C=O) groups is 2. The van der Waals surface area contributed by atoms with Gasteiger partial charge in [-0.25, -0.2) is 4.79 Å². The molecule has 1 saturated heterocycles. The largest absolute Gasteiger partial charge is 0.340 e. The quantitative estimate of drug-likeness (QED) is 0.210. The third-order valence-electron chi connectivity index (χ3n) is 7.77. The normalized spacial score (nSPS) is 13.6. The Labute approximate surface area is 257 Å². The van der Waals surface area contributed by atoms with Gasteiger partial charge in [0.15, 0.2) is 0 Å². The van der Waals surface area contributed by atoms with E-state index >= 15 is 0 Å². The molecule has 0 spiro atoms. The Balaban J connectivity index is 1.20. The van der Waals surface area contributed by atoms with Crippen LogP contribution < -0.4 is 5.32 Å². The number of para-hydroxylation sites is 1. The van der Waals surface area contributed by atoms with Crippen LogP contribution in [0.15, 0.2) is 120 Å². The summed E-state index contributed by atoms with van der Waals surface area (Å²) in [6, 6.07) is 38.8. The van der Waals surface area contributed by atoms with Gasteiger partial charge in [0.05, 0.1) is 11.7 Å². The van der Waals surface area contributed by atoms with Gasteiger partial charge in [-0.2, -0.15) is 0 Å². The Kier molecular flexibility index (Phi) is 10.4. The summed E-state index contributed by atoms with van der Waals surface area (Å²) in [5, 5.41) is 3.01. The van der Waals surface area contributed by atoms with Crippen molar-refractivity contribution in [3.63, 3.8) is 0 Å². The molecule has 1 aliphatic heterocycles. The van der Waals surface area contributed by atoms with Crippen molar-refractivity contribution in [2.75, 3.05) is 44.6 Å². The lowest BCUT2D eigenvalue weighted by Gasteiger charge is -2.40. The molecule has 0 aliphatic carbocycles. The predicted octanol–water partition coefficient (Wildman–Crippen LogP) is 6.85. The molecule has 3 amide bonds. The van der Waals surface area contributed by atoms with Crippen LogP contribution in [0.2, 0.25) is 0 Å². The molecular weight excluding hydrogens is 588 g/mol. The third kappa shape index (κ3) is 7.87. The first-order valence-corrected chi connectivity index (χ1v) is 15.3. The van der Waals surface area contributed by atoms with Gasteiger partial charge in [-0.1, -0.05) is 103 Å². The molecule has 0 aromatic heterocycles. The van der Waals surface area contributed by atoms with Crippen molar-refractivity contribution >= 4 is 33.6 Å². The lowest BCUT2D eigenvalue weighted by atomic mass is 9.96. The summed E-state index contributed by atoms with van der Waals surface area (Å²) >= 11 is 3.51. The summed E-state index contributed by atoms with van der Waals surface area (Å²) in [6.45, 7) is 3.81. The second-order valence-corrected chi connectivity index (χ2v) is 11.4. The van der Waals surface area contributed by atoms with Crippen molar-refractivity contribution in [1.29, 1.82) is 0 Å². The SMILES string of the molecule is O=C(CCN(CCc1ccccc1)C(=O)Nc1ccccc1Br)N1CCN(C(c2ccccc2)c2ccccc2)CC1. The van der Waals surface area contributed by atoms with Crippen molar-refractivity contribution in [3.05, 3.63) is 136 Å². The first-order chi connectivity index (χ1) is 20.6. The number of rotatable bonds is 10. The van der Waals surface area contributed by atoms with E-state index < -0.39 is 0 Å². The molecule has 4 aromatic carbocycles. The molecule has 0 bridgehead atoms. The van der Waals surface area contributed by atoms with E-state index in [1.807, 2.05) is 59.5 Å². The molecule has 7 heteroatoms. The summed E-state index contributed by atoms with van der Waals surface area (Å²) in [5.41, 5.74) is 4.38. The highest BCUT2D eigenvalue weighted by Gasteiger charge is 2.28. The summed E-state index contributed by atoms with van der Waals surface area (Å²) in [6.07, 6.45) is 1.01. The van der Waals surface area contributed by atoms with Crippen molar-refractivity contribution in [2.24, 2.45) is 0 Å². The average molecular weight is 626 g/mol. The van der Waals surface area contributed by atoms with E-state index in [2.05, 4.69) is 86.8 Å². The molecule has 1 fully saturated rings. The van der Waals surface area contributed by atoms with Gasteiger partial charge >= 0.3 is 6.03 Å². The van der Waals surface area contributed by atoms with Crippen LogP contribution in [0.5, 0.6) is 0 Å². The molecular formula is C35H37BrN4O2. The van der Waals surface area contributed by atoms with Crippen LogP contribution in [0.1, 0.15) is 29.2 Å². The van der Waals surface area contributed by atoms with Crippen LogP contribution in [0.3, 0.4) is 0 Å². The number of nitrogens with one attached hydrogen (secondary N) is 1. The minimum absolute atomic E-state index is 0.0871. The number of carbonyl (C=O) groups excluding carboxylic acids is 2. The smallest absolute Gasteiger partial charge is 0.321 e. The fourth-order valence-electron chi connectivity index (χ4n) is 5.48. The molecule has 1 heterocycles. The van der Waals surface area contributed by atoms with Gasteiger partial charge in [0.25, 0.3) is 0 Å². The monoisotopic (exact) mass is 624 g/mol. The number of urea groups is 1. The van der Waals surface area contributed by atoms with Crippen LogP contribution in [-0.2, 0) is 11.2 Å². The molecule has 5 rings (SSSR count). The number of hydrogen-bond acceptors (Lipinski definition) is 3. The molecule has 0 radical (unpaired) electrons. The zero-order chi connectivity index (χ0) is 29.1. The minimum Gasteiger partial charge on any atom is -0.340 e. The van der Waals surface area contributed by atoms with Crippen LogP contribution in [0, 0.1) is 0 Å². The molecule has 1 aliphatic rings. The lowest BCUT2D eigenvalue weighted by molar-refractivity contribution is -0.133. The van der Waals surface area contributed by atoms with Crippen LogP contribution in [0.4, 0.5) is 10.5 Å². The maximum Gasteiger partial charge on any atom is 0.321 e. The van der Waals surface area contributed by atoms with Crippen LogP contribution in [-0.4, -0.2) is 65.9 Å². The van der Waals surface area contributed by atoms with E-state index in [0.29, 0.717) is 38.3 Å². The standard InChI is InChI=1S/C35H37BrN4O2/c36-31-18-10-11-19-32(31)37-35(42)40(22-20-28-12-4-1-5-13-28)23-21-33(41)38-24-26-39(27-25-38)34(29-14-6-2-7-15-29)30-16-8-3-9-17-30/h1-19,34H,20-27H2,(H,37,42). The van der Waals surface area contributed by atoms with Crippen molar-refractivity contribution < 1.29 is 9.59 Å².